The lowest BCUT2D eigenvalue weighted by atomic mass is 10.0. The van der Waals surface area contributed by atoms with E-state index in [0.717, 1.165) is 12.1 Å². The summed E-state index contributed by atoms with van der Waals surface area (Å²) in [6.45, 7) is 0.871. The number of hydrogen-bond donors (Lipinski definition) is 1. The van der Waals surface area contributed by atoms with Crippen molar-refractivity contribution in [2.24, 2.45) is 13.0 Å². The van der Waals surface area contributed by atoms with Gasteiger partial charge in [-0.2, -0.15) is 4.31 Å². The van der Waals surface area contributed by atoms with Gasteiger partial charge in [-0.25, -0.2) is 17.8 Å². The number of ether oxygens (including phenoxy) is 3. The van der Waals surface area contributed by atoms with Gasteiger partial charge in [-0.1, -0.05) is 0 Å². The Bertz CT molecular complexity index is 1090. The summed E-state index contributed by atoms with van der Waals surface area (Å²) in [6, 6.07) is 2.35. The number of aryl methyl sites for hydroxylation is 1. The number of aromatic nitrogens is 2. The molecule has 2 saturated heterocycles. The molecule has 0 aliphatic carbocycles. The Morgan fingerprint density at radius 2 is 1.94 bits per heavy atom. The van der Waals surface area contributed by atoms with Crippen LogP contribution in [-0.4, -0.2) is 67.3 Å². The number of hydrogen-bond acceptors (Lipinski definition) is 7. The van der Waals surface area contributed by atoms with Crippen molar-refractivity contribution in [3.63, 3.8) is 0 Å². The van der Waals surface area contributed by atoms with Gasteiger partial charge in [-0.15, -0.1) is 13.2 Å². The number of rotatable bonds is 6. The molecule has 0 saturated carbocycles. The van der Waals surface area contributed by atoms with Gasteiger partial charge in [0.25, 0.3) is 10.0 Å². The van der Waals surface area contributed by atoms with Crippen molar-refractivity contribution in [2.45, 2.75) is 30.1 Å². The van der Waals surface area contributed by atoms with Crippen molar-refractivity contribution in [2.75, 3.05) is 31.6 Å². The molecule has 33 heavy (non-hydrogen) atoms. The molecule has 0 spiro atoms. The van der Waals surface area contributed by atoms with Gasteiger partial charge in [0, 0.05) is 50.0 Å². The summed E-state index contributed by atoms with van der Waals surface area (Å²) in [5, 5.41) is 2.87. The first-order chi connectivity index (χ1) is 15.5. The quantitative estimate of drug-likeness (QED) is 0.616. The Morgan fingerprint density at radius 3 is 2.58 bits per heavy atom. The van der Waals surface area contributed by atoms with E-state index in [1.807, 2.05) is 0 Å². The lowest BCUT2D eigenvalue weighted by Gasteiger charge is -2.31. The van der Waals surface area contributed by atoms with Crippen LogP contribution in [0, 0.1) is 11.7 Å². The lowest BCUT2D eigenvalue weighted by molar-refractivity contribution is -0.275. The van der Waals surface area contributed by atoms with Gasteiger partial charge in [-0.3, -0.25) is 0 Å². The van der Waals surface area contributed by atoms with Gasteiger partial charge in [0.1, 0.15) is 0 Å². The predicted molar refractivity (Wildman–Crippen MR) is 106 cm³/mol. The smallest absolute Gasteiger partial charge is 0.403 e. The number of sulfonamides is 1. The van der Waals surface area contributed by atoms with E-state index in [4.69, 9.17) is 9.47 Å². The van der Waals surface area contributed by atoms with Gasteiger partial charge in [0.2, 0.25) is 0 Å². The molecule has 0 amide bonds. The third kappa shape index (κ3) is 5.39. The molecule has 2 atom stereocenters. The molecule has 1 aromatic heterocycles. The van der Waals surface area contributed by atoms with Gasteiger partial charge in [0.15, 0.2) is 22.9 Å². The van der Waals surface area contributed by atoms with Crippen molar-refractivity contribution in [3.05, 3.63) is 36.5 Å². The first kappa shape index (κ1) is 23.7. The SMILES string of the molecule is Cn1cnc(S(=O)(=O)N2C[C@H](Nc3ccc(F)c(OC(F)(F)F)c3)[C@@H](C3OCCCO3)C2)c1. The van der Waals surface area contributed by atoms with Crippen LogP contribution in [-0.2, 0) is 26.5 Å². The van der Waals surface area contributed by atoms with Crippen LogP contribution < -0.4 is 10.1 Å². The number of alkyl halides is 3. The molecule has 9 nitrogen and oxygen atoms in total. The number of nitrogens with one attached hydrogen (secondary N) is 1. The van der Waals surface area contributed by atoms with E-state index in [-0.39, 0.29) is 23.8 Å². The average molecular weight is 494 g/mol. The molecule has 0 bridgehead atoms. The van der Waals surface area contributed by atoms with Gasteiger partial charge < -0.3 is 24.1 Å². The zero-order valence-electron chi connectivity index (χ0n) is 17.5. The molecule has 2 aromatic rings. The topological polar surface area (TPSA) is 94.9 Å². The van der Waals surface area contributed by atoms with E-state index in [2.05, 4.69) is 15.0 Å². The number of imidazole rings is 1. The van der Waals surface area contributed by atoms with Gasteiger partial charge >= 0.3 is 6.36 Å². The van der Waals surface area contributed by atoms with E-state index in [1.165, 1.54) is 27.5 Å². The maximum atomic E-state index is 13.8. The lowest BCUT2D eigenvalue weighted by Crippen LogP contribution is -2.41. The molecule has 3 heterocycles. The third-order valence-corrected chi connectivity index (χ3v) is 7.05. The minimum absolute atomic E-state index is 0.0281. The number of anilines is 1. The summed E-state index contributed by atoms with van der Waals surface area (Å²) < 4.78 is 95.5. The molecule has 2 fully saturated rings. The minimum Gasteiger partial charge on any atom is -0.403 e. The van der Waals surface area contributed by atoms with Crippen LogP contribution in [0.1, 0.15) is 6.42 Å². The Morgan fingerprint density at radius 1 is 1.21 bits per heavy atom. The molecule has 0 radical (unpaired) electrons. The summed E-state index contributed by atoms with van der Waals surface area (Å²) in [5.41, 5.74) is 0.124. The molecule has 0 unspecified atom stereocenters. The number of nitrogens with zero attached hydrogens (tertiary/aromatic N) is 3. The average Bonchev–Trinajstić information content (AvgIpc) is 3.37. The van der Waals surface area contributed by atoms with E-state index < -0.39 is 46.2 Å². The molecule has 182 valence electrons. The predicted octanol–water partition coefficient (Wildman–Crippen LogP) is 2.32. The summed E-state index contributed by atoms with van der Waals surface area (Å²) in [6.07, 6.45) is -2.35. The molecule has 2 aliphatic heterocycles. The fourth-order valence-corrected chi connectivity index (χ4v) is 5.30. The summed E-state index contributed by atoms with van der Waals surface area (Å²) in [5.74, 6) is -2.66. The summed E-state index contributed by atoms with van der Waals surface area (Å²) in [7, 11) is -2.30. The van der Waals surface area contributed by atoms with E-state index in [0.29, 0.717) is 19.6 Å². The molecular weight excluding hydrogens is 472 g/mol. The highest BCUT2D eigenvalue weighted by molar-refractivity contribution is 7.89. The first-order valence-corrected chi connectivity index (χ1v) is 11.5. The van der Waals surface area contributed by atoms with Crippen molar-refractivity contribution < 1.29 is 40.2 Å². The van der Waals surface area contributed by atoms with Crippen LogP contribution in [0.3, 0.4) is 0 Å². The van der Waals surface area contributed by atoms with E-state index in [1.54, 1.807) is 7.05 Å². The molecule has 2 aliphatic rings. The second-order valence-electron chi connectivity index (χ2n) is 7.77. The highest BCUT2D eigenvalue weighted by Crippen LogP contribution is 2.33. The number of benzene rings is 1. The van der Waals surface area contributed by atoms with E-state index in [9.17, 15) is 26.0 Å². The normalized spacial score (nSPS) is 23.1. The maximum Gasteiger partial charge on any atom is 0.573 e. The largest absolute Gasteiger partial charge is 0.573 e. The van der Waals surface area contributed by atoms with Gasteiger partial charge in [0.05, 0.1) is 19.5 Å². The molecule has 1 N–H and O–H groups in total. The highest BCUT2D eigenvalue weighted by atomic mass is 32.2. The molecular formula is C19H22F4N4O5S. The molecule has 4 rings (SSSR count). The first-order valence-electron chi connectivity index (χ1n) is 10.1. The fraction of sp³-hybridized carbons (Fsp3) is 0.526. The second-order valence-corrected chi connectivity index (χ2v) is 9.66. The molecule has 1 aromatic carbocycles. The maximum absolute atomic E-state index is 13.8. The zero-order chi connectivity index (χ0) is 23.8. The standard InChI is InChI=1S/C19H22F4N4O5S/c1-26-10-17(24-11-26)33(28,29)27-8-13(18-30-5-2-6-31-18)15(9-27)25-12-3-4-14(20)16(7-12)32-19(21,22)23/h3-4,7,10-11,13,15,18,25H,2,5-6,8-9H2,1H3/t13-,15-/m0/s1. The second kappa shape index (κ2) is 9.08. The summed E-state index contributed by atoms with van der Waals surface area (Å²) in [4.78, 5) is 3.92. The summed E-state index contributed by atoms with van der Waals surface area (Å²) >= 11 is 0. The Kier molecular flexibility index (Phi) is 6.53. The van der Waals surface area contributed by atoms with Crippen LogP contribution in [0.2, 0.25) is 0 Å². The van der Waals surface area contributed by atoms with Crippen LogP contribution in [0.4, 0.5) is 23.2 Å². The molecule has 14 heteroatoms. The Balaban J connectivity index is 1.59. The van der Waals surface area contributed by atoms with Gasteiger partial charge in [-0.05, 0) is 18.6 Å². The highest BCUT2D eigenvalue weighted by Gasteiger charge is 2.45. The Hall–Kier alpha value is -2.42. The van der Waals surface area contributed by atoms with Crippen LogP contribution in [0.15, 0.2) is 35.7 Å². The monoisotopic (exact) mass is 494 g/mol. The Labute approximate surface area is 187 Å². The fourth-order valence-electron chi connectivity index (χ4n) is 3.83. The van der Waals surface area contributed by atoms with Crippen molar-refractivity contribution >= 4 is 15.7 Å². The van der Waals surface area contributed by atoms with Crippen molar-refractivity contribution in [1.29, 1.82) is 0 Å². The minimum atomic E-state index is -5.06. The van der Waals surface area contributed by atoms with Crippen LogP contribution in [0.5, 0.6) is 5.75 Å². The van der Waals surface area contributed by atoms with Crippen molar-refractivity contribution in [3.8, 4) is 5.75 Å². The van der Waals surface area contributed by atoms with Crippen molar-refractivity contribution in [1.82, 2.24) is 13.9 Å². The third-order valence-electron chi connectivity index (χ3n) is 5.33. The number of halogens is 4. The van der Waals surface area contributed by atoms with E-state index >= 15 is 0 Å². The van der Waals surface area contributed by atoms with Crippen LogP contribution in [0.25, 0.3) is 0 Å². The zero-order valence-corrected chi connectivity index (χ0v) is 18.3. The van der Waals surface area contributed by atoms with Crippen LogP contribution >= 0.6 is 0 Å².